The van der Waals surface area contributed by atoms with E-state index in [0.29, 0.717) is 27.7 Å². The molecular formula is C12H13Cl2N5O. The Morgan fingerprint density at radius 2 is 1.90 bits per heavy atom. The highest BCUT2D eigenvalue weighted by molar-refractivity contribution is 6.34. The number of anilines is 2. The largest absolute Gasteiger partial charge is 0.422 e. The lowest BCUT2D eigenvalue weighted by Crippen LogP contribution is -2.15. The van der Waals surface area contributed by atoms with E-state index < -0.39 is 0 Å². The van der Waals surface area contributed by atoms with Crippen LogP contribution in [0.5, 0.6) is 11.8 Å². The molecule has 1 aromatic heterocycles. The molecule has 0 bridgehead atoms. The molecule has 0 unspecified atom stereocenters. The summed E-state index contributed by atoms with van der Waals surface area (Å²) in [6.07, 6.45) is 0. The lowest BCUT2D eigenvalue weighted by atomic mass is 10.3. The van der Waals surface area contributed by atoms with Crippen molar-refractivity contribution >= 4 is 35.1 Å². The fourth-order valence-corrected chi connectivity index (χ4v) is 1.68. The van der Waals surface area contributed by atoms with Gasteiger partial charge in [0.2, 0.25) is 11.9 Å². The highest BCUT2D eigenvalue weighted by Gasteiger charge is 2.11. The van der Waals surface area contributed by atoms with Crippen molar-refractivity contribution in [2.75, 3.05) is 31.4 Å². The van der Waals surface area contributed by atoms with Gasteiger partial charge >= 0.3 is 6.01 Å². The topological polar surface area (TPSA) is 63.2 Å². The Bertz CT molecular complexity index is 621. The van der Waals surface area contributed by atoms with E-state index in [9.17, 15) is 0 Å². The van der Waals surface area contributed by atoms with Gasteiger partial charge in [0.1, 0.15) is 0 Å². The highest BCUT2D eigenvalue weighted by atomic mass is 35.5. The third kappa shape index (κ3) is 3.40. The molecular weight excluding hydrogens is 301 g/mol. The van der Waals surface area contributed by atoms with Crippen LogP contribution in [0.25, 0.3) is 0 Å². The smallest absolute Gasteiger partial charge is 0.328 e. The molecule has 1 heterocycles. The Hall–Kier alpha value is -1.79. The second-order valence-electron chi connectivity index (χ2n) is 4.06. The maximum Gasteiger partial charge on any atom is 0.328 e. The fourth-order valence-electron chi connectivity index (χ4n) is 1.36. The van der Waals surface area contributed by atoms with Gasteiger partial charge in [0.15, 0.2) is 5.75 Å². The lowest BCUT2D eigenvalue weighted by Gasteiger charge is -2.13. The van der Waals surface area contributed by atoms with Gasteiger partial charge in [-0.05, 0) is 12.1 Å². The molecule has 2 rings (SSSR count). The first-order chi connectivity index (χ1) is 9.49. The third-order valence-electron chi connectivity index (χ3n) is 2.32. The highest BCUT2D eigenvalue weighted by Crippen LogP contribution is 2.31. The Kier molecular flexibility index (Phi) is 4.46. The molecule has 0 aliphatic carbocycles. The van der Waals surface area contributed by atoms with Crippen molar-refractivity contribution in [3.63, 3.8) is 0 Å². The van der Waals surface area contributed by atoms with E-state index in [-0.39, 0.29) is 6.01 Å². The van der Waals surface area contributed by atoms with Crippen LogP contribution in [0.3, 0.4) is 0 Å². The zero-order chi connectivity index (χ0) is 14.7. The first-order valence-corrected chi connectivity index (χ1v) is 6.49. The maximum absolute atomic E-state index is 6.04. The number of benzene rings is 1. The van der Waals surface area contributed by atoms with Crippen LogP contribution in [0.15, 0.2) is 18.2 Å². The molecule has 20 heavy (non-hydrogen) atoms. The van der Waals surface area contributed by atoms with Crippen LogP contribution in [-0.2, 0) is 0 Å². The molecule has 106 valence electrons. The van der Waals surface area contributed by atoms with E-state index in [1.54, 1.807) is 30.1 Å². The standard InChI is InChI=1S/C12H13Cl2N5O/c1-15-10-16-11(19(2)3)18-12(17-10)20-9-6-7(13)4-5-8(9)14/h4-6H,1-3H3,(H,15,16,17,18). The molecule has 0 spiro atoms. The number of halogens is 2. The predicted octanol–water partition coefficient (Wildman–Crippen LogP) is 3.08. The molecule has 0 saturated carbocycles. The van der Waals surface area contributed by atoms with Crippen LogP contribution >= 0.6 is 23.2 Å². The predicted molar refractivity (Wildman–Crippen MR) is 80.2 cm³/mol. The Labute approximate surface area is 126 Å². The van der Waals surface area contributed by atoms with E-state index in [0.717, 1.165) is 0 Å². The number of aromatic nitrogens is 3. The summed E-state index contributed by atoms with van der Waals surface area (Å²) in [6.45, 7) is 0. The van der Waals surface area contributed by atoms with Gasteiger partial charge in [-0.15, -0.1) is 0 Å². The van der Waals surface area contributed by atoms with Crippen molar-refractivity contribution in [2.24, 2.45) is 0 Å². The molecule has 0 radical (unpaired) electrons. The SMILES string of the molecule is CNc1nc(Oc2cc(Cl)ccc2Cl)nc(N(C)C)n1. The van der Waals surface area contributed by atoms with Gasteiger partial charge in [-0.1, -0.05) is 23.2 Å². The number of hydrogen-bond donors (Lipinski definition) is 1. The van der Waals surface area contributed by atoms with Gasteiger partial charge in [-0.2, -0.15) is 15.0 Å². The molecule has 0 aliphatic heterocycles. The van der Waals surface area contributed by atoms with Crippen molar-refractivity contribution in [3.8, 4) is 11.8 Å². The molecule has 0 saturated heterocycles. The number of ether oxygens (including phenoxy) is 1. The van der Waals surface area contributed by atoms with Gasteiger partial charge in [0.05, 0.1) is 5.02 Å². The van der Waals surface area contributed by atoms with E-state index in [2.05, 4.69) is 20.3 Å². The number of nitrogens with zero attached hydrogens (tertiary/aromatic N) is 4. The van der Waals surface area contributed by atoms with Crippen LogP contribution in [-0.4, -0.2) is 36.1 Å². The monoisotopic (exact) mass is 313 g/mol. The fraction of sp³-hybridized carbons (Fsp3) is 0.250. The molecule has 2 aromatic rings. The quantitative estimate of drug-likeness (QED) is 0.936. The normalized spacial score (nSPS) is 10.2. The maximum atomic E-state index is 6.04. The first-order valence-electron chi connectivity index (χ1n) is 5.73. The molecule has 0 fully saturated rings. The van der Waals surface area contributed by atoms with Crippen molar-refractivity contribution in [1.82, 2.24) is 15.0 Å². The summed E-state index contributed by atoms with van der Waals surface area (Å²) < 4.78 is 5.58. The minimum atomic E-state index is 0.136. The average Bonchev–Trinajstić information content (AvgIpc) is 2.42. The van der Waals surface area contributed by atoms with Crippen molar-refractivity contribution in [3.05, 3.63) is 28.2 Å². The van der Waals surface area contributed by atoms with Crippen molar-refractivity contribution in [2.45, 2.75) is 0 Å². The number of hydrogen-bond acceptors (Lipinski definition) is 6. The summed E-state index contributed by atoms with van der Waals surface area (Å²) >= 11 is 12.0. The molecule has 0 atom stereocenters. The second-order valence-corrected chi connectivity index (χ2v) is 4.91. The summed E-state index contributed by atoms with van der Waals surface area (Å²) in [4.78, 5) is 14.2. The Morgan fingerprint density at radius 1 is 1.15 bits per heavy atom. The molecule has 8 heteroatoms. The van der Waals surface area contributed by atoms with Crippen LogP contribution in [0, 0.1) is 0 Å². The molecule has 1 aromatic carbocycles. The summed E-state index contributed by atoms with van der Waals surface area (Å²) in [5.74, 6) is 1.26. The minimum absolute atomic E-state index is 0.136. The van der Waals surface area contributed by atoms with Gasteiger partial charge in [0.25, 0.3) is 0 Å². The average molecular weight is 314 g/mol. The Morgan fingerprint density at radius 3 is 2.55 bits per heavy atom. The van der Waals surface area contributed by atoms with Gasteiger partial charge in [0, 0.05) is 32.2 Å². The van der Waals surface area contributed by atoms with E-state index in [1.807, 2.05) is 14.1 Å². The third-order valence-corrected chi connectivity index (χ3v) is 2.87. The van der Waals surface area contributed by atoms with Gasteiger partial charge < -0.3 is 15.0 Å². The lowest BCUT2D eigenvalue weighted by molar-refractivity contribution is 0.441. The summed E-state index contributed by atoms with van der Waals surface area (Å²) in [5.41, 5.74) is 0. The number of nitrogens with one attached hydrogen (secondary N) is 1. The van der Waals surface area contributed by atoms with Crippen LogP contribution < -0.4 is 15.0 Å². The number of rotatable bonds is 4. The van der Waals surface area contributed by atoms with E-state index in [4.69, 9.17) is 27.9 Å². The van der Waals surface area contributed by atoms with Gasteiger partial charge in [-0.25, -0.2) is 0 Å². The summed E-state index contributed by atoms with van der Waals surface area (Å²) in [6, 6.07) is 5.06. The second kappa shape index (κ2) is 6.11. The zero-order valence-electron chi connectivity index (χ0n) is 11.2. The van der Waals surface area contributed by atoms with Crippen molar-refractivity contribution in [1.29, 1.82) is 0 Å². The molecule has 1 N–H and O–H groups in total. The zero-order valence-corrected chi connectivity index (χ0v) is 12.7. The van der Waals surface area contributed by atoms with Crippen LogP contribution in [0.4, 0.5) is 11.9 Å². The Balaban J connectivity index is 2.37. The van der Waals surface area contributed by atoms with Crippen LogP contribution in [0.2, 0.25) is 10.0 Å². The first kappa shape index (κ1) is 14.6. The van der Waals surface area contributed by atoms with Crippen molar-refractivity contribution < 1.29 is 4.74 Å². The molecule has 0 aliphatic rings. The van der Waals surface area contributed by atoms with Crippen LogP contribution in [0.1, 0.15) is 0 Å². The summed E-state index contributed by atoms with van der Waals surface area (Å²) in [5, 5.41) is 3.78. The summed E-state index contributed by atoms with van der Waals surface area (Å²) in [7, 11) is 5.36. The molecule has 0 amide bonds. The van der Waals surface area contributed by atoms with E-state index in [1.165, 1.54) is 0 Å². The molecule has 6 nitrogen and oxygen atoms in total. The van der Waals surface area contributed by atoms with Gasteiger partial charge in [-0.3, -0.25) is 0 Å². The van der Waals surface area contributed by atoms with E-state index >= 15 is 0 Å². The minimum Gasteiger partial charge on any atom is -0.422 e.